The molecule has 0 amide bonds. The lowest BCUT2D eigenvalue weighted by atomic mass is 10.2. The molecule has 1 aliphatic heterocycles. The van der Waals surface area contributed by atoms with Crippen molar-refractivity contribution in [2.45, 2.75) is 0 Å². The van der Waals surface area contributed by atoms with Crippen LogP contribution in [0.2, 0.25) is 0 Å². The molecule has 0 aliphatic carbocycles. The molecule has 0 bridgehead atoms. The third-order valence-electron chi connectivity index (χ3n) is 3.34. The first-order valence-corrected chi connectivity index (χ1v) is 7.98. The summed E-state index contributed by atoms with van der Waals surface area (Å²) < 4.78 is 5.97. The maximum atomic E-state index is 12.2. The summed E-state index contributed by atoms with van der Waals surface area (Å²) in [5.74, 6) is 1.81. The molecular formula is C17H16N2O2S. The van der Waals surface area contributed by atoms with Crippen molar-refractivity contribution in [2.75, 3.05) is 19.4 Å². The van der Waals surface area contributed by atoms with Crippen molar-refractivity contribution < 1.29 is 9.48 Å². The third kappa shape index (κ3) is 3.31. The normalized spacial score (nSPS) is 14.8. The van der Waals surface area contributed by atoms with E-state index >= 15 is 0 Å². The fraction of sp³-hybridized carbons (Fsp3) is 0.176. The van der Waals surface area contributed by atoms with E-state index in [0.717, 1.165) is 39.0 Å². The molecule has 0 radical (unpaired) electrons. The lowest BCUT2D eigenvalue weighted by Gasteiger charge is -2.05. The minimum absolute atomic E-state index is 0.600. The molecule has 5 heteroatoms. The predicted molar refractivity (Wildman–Crippen MR) is 91.8 cm³/mol. The van der Waals surface area contributed by atoms with Gasteiger partial charge in [-0.05, 0) is 36.4 Å². The standard InChI is InChI=1S/C17H16N2O2S/c1-21-16-8-2-13(3-9-16)12-19(20)15-6-4-14(5-7-15)17-18-10-11-22-17/h2-9,12H,10-11H2,1H3. The number of thioether (sulfide) groups is 1. The van der Waals surface area contributed by atoms with Crippen molar-refractivity contribution in [1.82, 2.24) is 0 Å². The molecule has 3 rings (SSSR count). The summed E-state index contributed by atoms with van der Waals surface area (Å²) in [5.41, 5.74) is 2.50. The van der Waals surface area contributed by atoms with Gasteiger partial charge in [0.2, 0.25) is 5.69 Å². The number of rotatable bonds is 4. The average Bonchev–Trinajstić information content (AvgIpc) is 3.10. The zero-order valence-electron chi connectivity index (χ0n) is 12.2. The highest BCUT2D eigenvalue weighted by atomic mass is 32.2. The second-order valence-electron chi connectivity index (χ2n) is 4.81. The molecule has 2 aromatic rings. The number of hydrogen-bond acceptors (Lipinski definition) is 4. The zero-order valence-corrected chi connectivity index (χ0v) is 13.0. The Morgan fingerprint density at radius 2 is 1.86 bits per heavy atom. The van der Waals surface area contributed by atoms with Gasteiger partial charge in [0.1, 0.15) is 5.75 Å². The van der Waals surface area contributed by atoms with E-state index < -0.39 is 0 Å². The van der Waals surface area contributed by atoms with Gasteiger partial charge in [0.05, 0.1) is 12.2 Å². The van der Waals surface area contributed by atoms with Crippen LogP contribution in [0.5, 0.6) is 5.75 Å². The molecule has 0 spiro atoms. The molecule has 1 heterocycles. The summed E-state index contributed by atoms with van der Waals surface area (Å²) in [7, 11) is 1.62. The Bertz CT molecular complexity index is 706. The average molecular weight is 312 g/mol. The van der Waals surface area contributed by atoms with E-state index in [4.69, 9.17) is 4.74 Å². The second kappa shape index (κ2) is 6.66. The van der Waals surface area contributed by atoms with Gasteiger partial charge in [-0.3, -0.25) is 4.99 Å². The lowest BCUT2D eigenvalue weighted by molar-refractivity contribution is -0.354. The molecule has 0 N–H and O–H groups in total. The number of aliphatic imine (C=N–C) groups is 1. The van der Waals surface area contributed by atoms with Gasteiger partial charge in [0, 0.05) is 35.6 Å². The summed E-state index contributed by atoms with van der Waals surface area (Å²) in [6, 6.07) is 14.9. The van der Waals surface area contributed by atoms with Crippen molar-refractivity contribution in [3.05, 3.63) is 64.9 Å². The smallest absolute Gasteiger partial charge is 0.216 e. The van der Waals surface area contributed by atoms with Crippen LogP contribution in [0.25, 0.3) is 0 Å². The SMILES string of the molecule is COc1ccc(C=[N+]([O-])c2ccc(C3=NCCS3)cc2)cc1. The topological polar surface area (TPSA) is 47.7 Å². The summed E-state index contributed by atoms with van der Waals surface area (Å²) in [5, 5.41) is 13.3. The summed E-state index contributed by atoms with van der Waals surface area (Å²) in [6.45, 7) is 0.876. The van der Waals surface area contributed by atoms with Gasteiger partial charge in [-0.2, -0.15) is 4.74 Å². The Hall–Kier alpha value is -2.27. The fourth-order valence-electron chi connectivity index (χ4n) is 2.16. The van der Waals surface area contributed by atoms with E-state index in [9.17, 15) is 5.21 Å². The van der Waals surface area contributed by atoms with Crippen LogP contribution >= 0.6 is 11.8 Å². The van der Waals surface area contributed by atoms with Gasteiger partial charge >= 0.3 is 0 Å². The van der Waals surface area contributed by atoms with Crippen molar-refractivity contribution in [3.8, 4) is 5.75 Å². The maximum absolute atomic E-state index is 12.2. The van der Waals surface area contributed by atoms with Gasteiger partial charge in [-0.1, -0.05) is 0 Å². The number of hydrogen-bond donors (Lipinski definition) is 0. The number of ether oxygens (including phenoxy) is 1. The van der Waals surface area contributed by atoms with Crippen LogP contribution in [0, 0.1) is 5.21 Å². The van der Waals surface area contributed by atoms with Crippen molar-refractivity contribution in [2.24, 2.45) is 4.99 Å². The predicted octanol–water partition coefficient (Wildman–Crippen LogP) is 3.45. The van der Waals surface area contributed by atoms with Gasteiger partial charge in [-0.15, -0.1) is 11.8 Å². The van der Waals surface area contributed by atoms with E-state index in [0.29, 0.717) is 5.69 Å². The molecule has 0 unspecified atom stereocenters. The molecule has 112 valence electrons. The fourth-order valence-corrected chi connectivity index (χ4v) is 3.02. The highest BCUT2D eigenvalue weighted by molar-refractivity contribution is 8.14. The third-order valence-corrected chi connectivity index (χ3v) is 4.36. The Balaban J connectivity index is 1.78. The Kier molecular flexibility index (Phi) is 4.44. The van der Waals surface area contributed by atoms with E-state index in [1.165, 1.54) is 0 Å². The molecule has 0 atom stereocenters. The van der Waals surface area contributed by atoms with Gasteiger partial charge < -0.3 is 9.94 Å². The van der Waals surface area contributed by atoms with Crippen LogP contribution in [0.3, 0.4) is 0 Å². The van der Waals surface area contributed by atoms with E-state index in [1.807, 2.05) is 48.5 Å². The van der Waals surface area contributed by atoms with Crippen LogP contribution in [0.1, 0.15) is 11.1 Å². The largest absolute Gasteiger partial charge is 0.618 e. The highest BCUT2D eigenvalue weighted by Crippen LogP contribution is 2.21. The minimum Gasteiger partial charge on any atom is -0.618 e. The highest BCUT2D eigenvalue weighted by Gasteiger charge is 2.10. The zero-order chi connectivity index (χ0) is 15.4. The molecule has 0 fully saturated rings. The molecule has 0 saturated heterocycles. The minimum atomic E-state index is 0.600. The monoisotopic (exact) mass is 312 g/mol. The Morgan fingerprint density at radius 3 is 2.45 bits per heavy atom. The number of benzene rings is 2. The number of methoxy groups -OCH3 is 1. The summed E-state index contributed by atoms with van der Waals surface area (Å²) >= 11 is 1.75. The molecule has 0 aromatic heterocycles. The van der Waals surface area contributed by atoms with E-state index in [2.05, 4.69) is 4.99 Å². The van der Waals surface area contributed by atoms with Crippen LogP contribution < -0.4 is 4.74 Å². The van der Waals surface area contributed by atoms with Crippen LogP contribution in [-0.2, 0) is 0 Å². The quantitative estimate of drug-likeness (QED) is 0.376. The van der Waals surface area contributed by atoms with Crippen molar-refractivity contribution in [1.29, 1.82) is 0 Å². The lowest BCUT2D eigenvalue weighted by Crippen LogP contribution is -2.00. The molecule has 22 heavy (non-hydrogen) atoms. The summed E-state index contributed by atoms with van der Waals surface area (Å²) in [4.78, 5) is 4.43. The van der Waals surface area contributed by atoms with Gasteiger partial charge in [-0.25, -0.2) is 0 Å². The molecule has 4 nitrogen and oxygen atoms in total. The van der Waals surface area contributed by atoms with Crippen LogP contribution in [0.15, 0.2) is 53.5 Å². The first-order chi connectivity index (χ1) is 10.8. The first kappa shape index (κ1) is 14.7. The second-order valence-corrected chi connectivity index (χ2v) is 5.89. The van der Waals surface area contributed by atoms with Crippen LogP contribution in [0.4, 0.5) is 5.69 Å². The van der Waals surface area contributed by atoms with Crippen molar-refractivity contribution >= 4 is 28.7 Å². The Morgan fingerprint density at radius 1 is 1.14 bits per heavy atom. The van der Waals surface area contributed by atoms with Gasteiger partial charge in [0.25, 0.3) is 0 Å². The van der Waals surface area contributed by atoms with Crippen molar-refractivity contribution in [3.63, 3.8) is 0 Å². The first-order valence-electron chi connectivity index (χ1n) is 6.99. The molecule has 0 saturated carbocycles. The number of nitrogens with zero attached hydrogens (tertiary/aromatic N) is 2. The van der Waals surface area contributed by atoms with E-state index in [-0.39, 0.29) is 0 Å². The van der Waals surface area contributed by atoms with E-state index in [1.54, 1.807) is 25.1 Å². The maximum Gasteiger partial charge on any atom is 0.216 e. The van der Waals surface area contributed by atoms with Gasteiger partial charge in [0.15, 0.2) is 6.21 Å². The Labute approximate surface area is 133 Å². The van der Waals surface area contributed by atoms with Crippen LogP contribution in [-0.4, -0.2) is 35.4 Å². The molecule has 1 aliphatic rings. The molecule has 2 aromatic carbocycles. The summed E-state index contributed by atoms with van der Waals surface area (Å²) in [6.07, 6.45) is 1.55. The molecular weight excluding hydrogens is 296 g/mol.